The molecule has 7 nitrogen and oxygen atoms in total. The van der Waals surface area contributed by atoms with Gasteiger partial charge in [0.25, 0.3) is 5.91 Å². The number of carboxylic acid groups (broad SMARTS) is 1. The average Bonchev–Trinajstić information content (AvgIpc) is 2.49. The molecule has 0 spiro atoms. The van der Waals surface area contributed by atoms with Gasteiger partial charge in [0.2, 0.25) is 0 Å². The van der Waals surface area contributed by atoms with Crippen LogP contribution < -0.4 is 11.0 Å². The normalized spacial score (nSPS) is 11.7. The van der Waals surface area contributed by atoms with Crippen LogP contribution in [0.4, 0.5) is 0 Å². The first-order valence-electron chi connectivity index (χ1n) is 6.76. The Bertz CT molecular complexity index is 755. The van der Waals surface area contributed by atoms with Gasteiger partial charge in [0.1, 0.15) is 0 Å². The van der Waals surface area contributed by atoms with Crippen LogP contribution in [-0.4, -0.2) is 33.0 Å². The van der Waals surface area contributed by atoms with Crippen LogP contribution in [0, 0.1) is 0 Å². The number of nitrogens with one attached hydrogen (secondary N) is 2. The van der Waals surface area contributed by atoms with Gasteiger partial charge in [-0.3, -0.25) is 9.59 Å². The lowest BCUT2D eigenvalue weighted by atomic mass is 10.0. The first-order valence-corrected chi connectivity index (χ1v) is 7.14. The molecule has 0 aliphatic carbocycles. The van der Waals surface area contributed by atoms with Crippen LogP contribution in [0.5, 0.6) is 0 Å². The smallest absolute Gasteiger partial charge is 0.344 e. The van der Waals surface area contributed by atoms with Gasteiger partial charge in [-0.1, -0.05) is 29.8 Å². The van der Waals surface area contributed by atoms with Crippen LogP contribution in [0.15, 0.2) is 41.5 Å². The fourth-order valence-electron chi connectivity index (χ4n) is 2.05. The van der Waals surface area contributed by atoms with Crippen molar-refractivity contribution >= 4 is 23.5 Å². The Hall–Kier alpha value is -2.67. The summed E-state index contributed by atoms with van der Waals surface area (Å²) in [5, 5.41) is 12.1. The summed E-state index contributed by atoms with van der Waals surface area (Å²) in [6.45, 7) is 0. The monoisotopic (exact) mass is 335 g/mol. The number of aliphatic carboxylic acids is 1. The van der Waals surface area contributed by atoms with Crippen molar-refractivity contribution in [1.29, 1.82) is 0 Å². The molecule has 3 N–H and O–H groups in total. The second kappa shape index (κ2) is 7.55. The van der Waals surface area contributed by atoms with E-state index in [1.54, 1.807) is 24.3 Å². The molecule has 8 heteroatoms. The highest BCUT2D eigenvalue weighted by Crippen LogP contribution is 2.17. The molecule has 2 aromatic rings. The largest absolute Gasteiger partial charge is 0.481 e. The lowest BCUT2D eigenvalue weighted by Gasteiger charge is -2.17. The van der Waals surface area contributed by atoms with Crippen LogP contribution in [0.25, 0.3) is 0 Å². The van der Waals surface area contributed by atoms with Gasteiger partial charge in [-0.05, 0) is 18.1 Å². The molecule has 1 heterocycles. The van der Waals surface area contributed by atoms with Gasteiger partial charge < -0.3 is 15.4 Å². The van der Waals surface area contributed by atoms with Crippen molar-refractivity contribution in [2.75, 3.05) is 0 Å². The van der Waals surface area contributed by atoms with Gasteiger partial charge in [0.15, 0.2) is 0 Å². The zero-order chi connectivity index (χ0) is 16.8. The number of H-pyrrole nitrogens is 1. The summed E-state index contributed by atoms with van der Waals surface area (Å²) in [4.78, 5) is 39.8. The molecular weight excluding hydrogens is 322 g/mol. The van der Waals surface area contributed by atoms with E-state index in [1.165, 1.54) is 6.20 Å². The minimum absolute atomic E-state index is 0.138. The Morgan fingerprint density at radius 3 is 2.70 bits per heavy atom. The predicted octanol–water partition coefficient (Wildman–Crippen LogP) is 1.24. The highest BCUT2D eigenvalue weighted by atomic mass is 35.5. The Balaban J connectivity index is 2.13. The zero-order valence-corrected chi connectivity index (χ0v) is 12.7. The Kier molecular flexibility index (Phi) is 5.48. The van der Waals surface area contributed by atoms with Crippen LogP contribution in [0.1, 0.15) is 22.3 Å². The third-order valence-corrected chi connectivity index (χ3v) is 3.48. The number of aromatic amines is 1. The Morgan fingerprint density at radius 1 is 1.35 bits per heavy atom. The average molecular weight is 336 g/mol. The number of carboxylic acids is 1. The molecule has 0 unspecified atom stereocenters. The molecule has 0 fully saturated rings. The van der Waals surface area contributed by atoms with Gasteiger partial charge in [-0.25, -0.2) is 9.78 Å². The molecular formula is C15H14ClN3O4. The van der Waals surface area contributed by atoms with Crippen molar-refractivity contribution in [2.45, 2.75) is 18.9 Å². The van der Waals surface area contributed by atoms with E-state index in [0.717, 1.165) is 11.8 Å². The van der Waals surface area contributed by atoms with Crippen molar-refractivity contribution in [2.24, 2.45) is 0 Å². The topological polar surface area (TPSA) is 112 Å². The quantitative estimate of drug-likeness (QED) is 0.735. The molecule has 1 amide bonds. The van der Waals surface area contributed by atoms with Gasteiger partial charge >= 0.3 is 11.7 Å². The van der Waals surface area contributed by atoms with E-state index in [4.69, 9.17) is 16.7 Å². The number of aromatic nitrogens is 2. The Labute approximate surface area is 136 Å². The Morgan fingerprint density at radius 2 is 2.09 bits per heavy atom. The SMILES string of the molecule is O=C(O)C[C@@H](Cc1ccccc1Cl)NC(=O)c1cnc(=O)[nH]c1. The summed E-state index contributed by atoms with van der Waals surface area (Å²) in [6, 6.07) is 6.37. The number of carbonyl (C=O) groups is 2. The van der Waals surface area contributed by atoms with Crippen LogP contribution in [-0.2, 0) is 11.2 Å². The number of hydrogen-bond donors (Lipinski definition) is 3. The lowest BCUT2D eigenvalue weighted by Crippen LogP contribution is -2.38. The third kappa shape index (κ3) is 4.93. The number of nitrogens with zero attached hydrogens (tertiary/aromatic N) is 1. The number of carbonyl (C=O) groups excluding carboxylic acids is 1. The van der Waals surface area contributed by atoms with Gasteiger partial charge in [0, 0.05) is 23.5 Å². The molecule has 0 radical (unpaired) electrons. The van der Waals surface area contributed by atoms with Crippen molar-refractivity contribution in [3.8, 4) is 0 Å². The maximum atomic E-state index is 12.1. The van der Waals surface area contributed by atoms with E-state index in [0.29, 0.717) is 5.02 Å². The number of amides is 1. The molecule has 0 aliphatic heterocycles. The van der Waals surface area contributed by atoms with E-state index in [9.17, 15) is 14.4 Å². The highest BCUT2D eigenvalue weighted by molar-refractivity contribution is 6.31. The van der Waals surface area contributed by atoms with E-state index in [1.807, 2.05) is 0 Å². The third-order valence-electron chi connectivity index (χ3n) is 3.11. The van der Waals surface area contributed by atoms with Gasteiger partial charge in [-0.2, -0.15) is 0 Å². The summed E-state index contributed by atoms with van der Waals surface area (Å²) < 4.78 is 0. The van der Waals surface area contributed by atoms with E-state index < -0.39 is 23.6 Å². The molecule has 1 atom stereocenters. The second-order valence-electron chi connectivity index (χ2n) is 4.87. The standard InChI is InChI=1S/C15H14ClN3O4/c16-12-4-2-1-3-9(12)5-11(6-13(20)21)19-14(22)10-7-17-15(23)18-8-10/h1-4,7-8,11H,5-6H2,(H,19,22)(H,20,21)(H,17,18,23)/t11-/m1/s1. The summed E-state index contributed by atoms with van der Waals surface area (Å²) in [7, 11) is 0. The van der Waals surface area contributed by atoms with Crippen LogP contribution in [0.3, 0.4) is 0 Å². The fourth-order valence-corrected chi connectivity index (χ4v) is 2.26. The van der Waals surface area contributed by atoms with Crippen molar-refractivity contribution < 1.29 is 14.7 Å². The first kappa shape index (κ1) is 16.7. The van der Waals surface area contributed by atoms with Crippen molar-refractivity contribution in [3.63, 3.8) is 0 Å². The van der Waals surface area contributed by atoms with Gasteiger partial charge in [0.05, 0.1) is 12.0 Å². The number of benzene rings is 1. The predicted molar refractivity (Wildman–Crippen MR) is 83.5 cm³/mol. The molecule has 0 bridgehead atoms. The first-order chi connectivity index (χ1) is 11.0. The maximum Gasteiger partial charge on any atom is 0.344 e. The molecule has 120 valence electrons. The maximum absolute atomic E-state index is 12.1. The summed E-state index contributed by atoms with van der Waals surface area (Å²) in [5.74, 6) is -1.56. The van der Waals surface area contributed by atoms with E-state index in [2.05, 4.69) is 15.3 Å². The second-order valence-corrected chi connectivity index (χ2v) is 5.28. The van der Waals surface area contributed by atoms with Crippen LogP contribution >= 0.6 is 11.6 Å². The zero-order valence-electron chi connectivity index (χ0n) is 12.0. The summed E-state index contributed by atoms with van der Waals surface area (Å²) >= 11 is 6.07. The van der Waals surface area contributed by atoms with Crippen molar-refractivity contribution in [3.05, 3.63) is 63.3 Å². The minimum Gasteiger partial charge on any atom is -0.481 e. The molecule has 1 aromatic carbocycles. The van der Waals surface area contributed by atoms with Crippen LogP contribution in [0.2, 0.25) is 5.02 Å². The molecule has 0 aliphatic rings. The van der Waals surface area contributed by atoms with Crippen molar-refractivity contribution in [1.82, 2.24) is 15.3 Å². The molecule has 23 heavy (non-hydrogen) atoms. The van der Waals surface area contributed by atoms with E-state index in [-0.39, 0.29) is 18.4 Å². The molecule has 0 saturated heterocycles. The number of rotatable bonds is 6. The van der Waals surface area contributed by atoms with Gasteiger partial charge in [-0.15, -0.1) is 0 Å². The molecule has 0 saturated carbocycles. The lowest BCUT2D eigenvalue weighted by molar-refractivity contribution is -0.137. The summed E-state index contributed by atoms with van der Waals surface area (Å²) in [6.07, 6.45) is 2.36. The number of halogens is 1. The van der Waals surface area contributed by atoms with E-state index >= 15 is 0 Å². The minimum atomic E-state index is -1.04. The highest BCUT2D eigenvalue weighted by Gasteiger charge is 2.19. The molecule has 1 aromatic heterocycles. The molecule has 2 rings (SSSR count). The summed E-state index contributed by atoms with van der Waals surface area (Å²) in [5.41, 5.74) is 0.305. The number of hydrogen-bond acceptors (Lipinski definition) is 4. The fraction of sp³-hybridized carbons (Fsp3) is 0.200.